The van der Waals surface area contributed by atoms with Crippen molar-refractivity contribution < 1.29 is 4.79 Å². The fourth-order valence-corrected chi connectivity index (χ4v) is 2.67. The largest absolute Gasteiger partial charge is 0.350 e. The third-order valence-corrected chi connectivity index (χ3v) is 4.26. The topological polar surface area (TPSA) is 98.0 Å². The van der Waals surface area contributed by atoms with Crippen molar-refractivity contribution in [1.82, 2.24) is 24.8 Å². The zero-order valence-corrected chi connectivity index (χ0v) is 13.3. The van der Waals surface area contributed by atoms with Gasteiger partial charge in [-0.25, -0.2) is 9.78 Å². The van der Waals surface area contributed by atoms with E-state index in [-0.39, 0.29) is 17.2 Å². The van der Waals surface area contributed by atoms with Crippen LogP contribution in [0.4, 0.5) is 0 Å². The minimum atomic E-state index is -0.465. The van der Waals surface area contributed by atoms with Crippen LogP contribution < -0.4 is 21.9 Å². The second kappa shape index (κ2) is 5.62. The molecule has 8 nitrogen and oxygen atoms in total. The molecule has 0 radical (unpaired) electrons. The summed E-state index contributed by atoms with van der Waals surface area (Å²) >= 11 is 0. The number of nitrogens with zero attached hydrogens (tertiary/aromatic N) is 3. The van der Waals surface area contributed by atoms with E-state index in [0.717, 1.165) is 17.7 Å². The summed E-state index contributed by atoms with van der Waals surface area (Å²) in [6.45, 7) is 4.12. The Hall–Kier alpha value is -2.48. The molecule has 0 aliphatic carbocycles. The Bertz CT molecular complexity index is 908. The summed E-state index contributed by atoms with van der Waals surface area (Å²) in [4.78, 5) is 40.8. The summed E-state index contributed by atoms with van der Waals surface area (Å²) in [7, 11) is 2.97. The van der Waals surface area contributed by atoms with Gasteiger partial charge in [-0.1, -0.05) is 0 Å². The van der Waals surface area contributed by atoms with Crippen molar-refractivity contribution in [1.29, 1.82) is 0 Å². The highest BCUT2D eigenvalue weighted by Crippen LogP contribution is 2.12. The van der Waals surface area contributed by atoms with Gasteiger partial charge in [-0.3, -0.25) is 18.7 Å². The van der Waals surface area contributed by atoms with Crippen molar-refractivity contribution in [3.05, 3.63) is 38.2 Å². The molecule has 1 fully saturated rings. The van der Waals surface area contributed by atoms with Crippen molar-refractivity contribution in [2.24, 2.45) is 20.0 Å². The molecule has 0 spiro atoms. The molecule has 0 bridgehead atoms. The van der Waals surface area contributed by atoms with Crippen molar-refractivity contribution in [2.75, 3.05) is 19.6 Å². The maximum absolute atomic E-state index is 12.3. The average Bonchev–Trinajstić information content (AvgIpc) is 2.48. The number of pyridine rings is 1. The molecule has 23 heavy (non-hydrogen) atoms. The first kappa shape index (κ1) is 15.4. The lowest BCUT2D eigenvalue weighted by Gasteiger charge is -2.27. The van der Waals surface area contributed by atoms with Crippen LogP contribution in [0.2, 0.25) is 0 Å². The van der Waals surface area contributed by atoms with Crippen molar-refractivity contribution >= 4 is 16.9 Å². The van der Waals surface area contributed by atoms with Gasteiger partial charge in [0, 0.05) is 39.6 Å². The van der Waals surface area contributed by atoms with Crippen molar-refractivity contribution in [3.8, 4) is 0 Å². The Morgan fingerprint density at radius 3 is 2.65 bits per heavy atom. The SMILES string of the molecule is Cc1cc(C(=O)NCC2CNC2)nc2c1c(=O)n(C)c(=O)n2C. The summed E-state index contributed by atoms with van der Waals surface area (Å²) in [5.41, 5.74) is 0.203. The van der Waals surface area contributed by atoms with Crippen LogP contribution in [0.3, 0.4) is 0 Å². The number of carbonyl (C=O) groups is 1. The Morgan fingerprint density at radius 2 is 2.04 bits per heavy atom. The minimum absolute atomic E-state index is 0.213. The van der Waals surface area contributed by atoms with Crippen LogP contribution in [0.25, 0.3) is 11.0 Å². The standard InChI is InChI=1S/C15H19N5O3/c1-8-4-10(13(21)17-7-9-5-16-6-9)18-12-11(8)14(22)20(3)15(23)19(12)2/h4,9,16H,5-7H2,1-3H3,(H,17,21). The van der Waals surface area contributed by atoms with E-state index in [1.807, 2.05) is 0 Å². The molecule has 3 heterocycles. The lowest BCUT2D eigenvalue weighted by molar-refractivity contribution is 0.0937. The first-order valence-electron chi connectivity index (χ1n) is 7.46. The van der Waals surface area contributed by atoms with Crippen LogP contribution in [0.15, 0.2) is 15.7 Å². The van der Waals surface area contributed by atoms with Gasteiger partial charge < -0.3 is 10.6 Å². The number of hydrogen-bond acceptors (Lipinski definition) is 5. The van der Waals surface area contributed by atoms with Gasteiger partial charge in [-0.05, 0) is 18.6 Å². The molecule has 122 valence electrons. The number of aromatic nitrogens is 3. The normalized spacial score (nSPS) is 14.7. The van der Waals surface area contributed by atoms with Crippen LogP contribution in [-0.4, -0.2) is 39.7 Å². The summed E-state index contributed by atoms with van der Waals surface area (Å²) in [5.74, 6) is 0.146. The van der Waals surface area contributed by atoms with E-state index in [1.54, 1.807) is 13.0 Å². The zero-order valence-electron chi connectivity index (χ0n) is 13.3. The number of aryl methyl sites for hydroxylation is 2. The number of carbonyl (C=O) groups excluding carboxylic acids is 1. The Balaban J connectivity index is 2.05. The number of hydrogen-bond donors (Lipinski definition) is 2. The van der Waals surface area contributed by atoms with Gasteiger partial charge in [0.1, 0.15) is 11.3 Å². The summed E-state index contributed by atoms with van der Waals surface area (Å²) in [5, 5.41) is 6.34. The van der Waals surface area contributed by atoms with Gasteiger partial charge >= 0.3 is 5.69 Å². The second-order valence-electron chi connectivity index (χ2n) is 5.96. The van der Waals surface area contributed by atoms with Gasteiger partial charge in [0.2, 0.25) is 0 Å². The number of fused-ring (bicyclic) bond motifs is 1. The molecule has 2 N–H and O–H groups in total. The third kappa shape index (κ3) is 2.55. The zero-order chi connectivity index (χ0) is 16.7. The molecular formula is C15H19N5O3. The van der Waals surface area contributed by atoms with Crippen LogP contribution >= 0.6 is 0 Å². The van der Waals surface area contributed by atoms with Gasteiger partial charge in [0.25, 0.3) is 11.5 Å². The van der Waals surface area contributed by atoms with Gasteiger partial charge in [-0.15, -0.1) is 0 Å². The van der Waals surface area contributed by atoms with E-state index in [4.69, 9.17) is 0 Å². The molecule has 1 aliphatic rings. The average molecular weight is 317 g/mol. The molecule has 3 rings (SSSR count). The van der Waals surface area contributed by atoms with Gasteiger partial charge in [0.05, 0.1) is 5.39 Å². The highest BCUT2D eigenvalue weighted by molar-refractivity contribution is 5.95. The Morgan fingerprint density at radius 1 is 1.35 bits per heavy atom. The molecular weight excluding hydrogens is 298 g/mol. The fourth-order valence-electron chi connectivity index (χ4n) is 2.67. The maximum Gasteiger partial charge on any atom is 0.332 e. The molecule has 0 saturated carbocycles. The lowest BCUT2D eigenvalue weighted by atomic mass is 10.0. The number of nitrogens with one attached hydrogen (secondary N) is 2. The first-order valence-corrected chi connectivity index (χ1v) is 7.46. The molecule has 1 amide bonds. The van der Waals surface area contributed by atoms with E-state index < -0.39 is 11.2 Å². The van der Waals surface area contributed by atoms with E-state index in [0.29, 0.717) is 23.4 Å². The monoisotopic (exact) mass is 317 g/mol. The highest BCUT2D eigenvalue weighted by Gasteiger charge is 2.20. The maximum atomic E-state index is 12.3. The van der Waals surface area contributed by atoms with Crippen LogP contribution in [-0.2, 0) is 14.1 Å². The van der Waals surface area contributed by atoms with Crippen molar-refractivity contribution in [3.63, 3.8) is 0 Å². The predicted octanol–water partition coefficient (Wildman–Crippen LogP) is -1.11. The number of rotatable bonds is 3. The quantitative estimate of drug-likeness (QED) is 0.748. The van der Waals surface area contributed by atoms with E-state index >= 15 is 0 Å². The van der Waals surface area contributed by atoms with Crippen LogP contribution in [0, 0.1) is 12.8 Å². The number of amides is 1. The summed E-state index contributed by atoms with van der Waals surface area (Å²) in [6.07, 6.45) is 0. The molecule has 8 heteroatoms. The minimum Gasteiger partial charge on any atom is -0.350 e. The Kier molecular flexibility index (Phi) is 3.77. The second-order valence-corrected chi connectivity index (χ2v) is 5.96. The fraction of sp³-hybridized carbons (Fsp3) is 0.467. The molecule has 1 saturated heterocycles. The van der Waals surface area contributed by atoms with Crippen molar-refractivity contribution in [2.45, 2.75) is 6.92 Å². The van der Waals surface area contributed by atoms with Gasteiger partial charge in [0.15, 0.2) is 0 Å². The molecule has 0 aromatic carbocycles. The molecule has 0 atom stereocenters. The van der Waals surface area contributed by atoms with Crippen LogP contribution in [0.1, 0.15) is 16.1 Å². The van der Waals surface area contributed by atoms with Gasteiger partial charge in [-0.2, -0.15) is 0 Å². The van der Waals surface area contributed by atoms with Crippen LogP contribution in [0.5, 0.6) is 0 Å². The summed E-state index contributed by atoms with van der Waals surface area (Å²) in [6, 6.07) is 1.59. The third-order valence-electron chi connectivity index (χ3n) is 4.26. The summed E-state index contributed by atoms with van der Waals surface area (Å²) < 4.78 is 2.33. The smallest absolute Gasteiger partial charge is 0.332 e. The first-order chi connectivity index (χ1) is 10.9. The predicted molar refractivity (Wildman–Crippen MR) is 85.7 cm³/mol. The molecule has 2 aromatic rings. The van der Waals surface area contributed by atoms with E-state index in [2.05, 4.69) is 15.6 Å². The van der Waals surface area contributed by atoms with E-state index in [1.165, 1.54) is 18.7 Å². The molecule has 0 unspecified atom stereocenters. The highest BCUT2D eigenvalue weighted by atomic mass is 16.2. The molecule has 2 aromatic heterocycles. The van der Waals surface area contributed by atoms with E-state index in [9.17, 15) is 14.4 Å². The lowest BCUT2D eigenvalue weighted by Crippen LogP contribution is -2.48. The molecule has 1 aliphatic heterocycles. The Labute approximate surface area is 132 Å².